The van der Waals surface area contributed by atoms with Gasteiger partial charge >= 0.3 is 0 Å². The van der Waals surface area contributed by atoms with Crippen molar-refractivity contribution in [3.8, 4) is 0 Å². The highest BCUT2D eigenvalue weighted by atomic mass is 32.1. The molecule has 0 saturated heterocycles. The summed E-state index contributed by atoms with van der Waals surface area (Å²) in [4.78, 5) is 14.0. The van der Waals surface area contributed by atoms with Crippen LogP contribution in [0.1, 0.15) is 17.4 Å². The summed E-state index contributed by atoms with van der Waals surface area (Å²) in [7, 11) is 0. The summed E-state index contributed by atoms with van der Waals surface area (Å²) in [6, 6.07) is 6.23. The molecule has 6 heteroatoms. The summed E-state index contributed by atoms with van der Waals surface area (Å²) in [6.07, 6.45) is 6.04. The van der Waals surface area contributed by atoms with Gasteiger partial charge in [-0.2, -0.15) is 0 Å². The van der Waals surface area contributed by atoms with Gasteiger partial charge in [-0.05, 0) is 37.1 Å². The molecule has 0 aliphatic heterocycles. The maximum Gasteiger partial charge on any atom is 0.147 e. The van der Waals surface area contributed by atoms with Gasteiger partial charge in [-0.15, -0.1) is 11.3 Å². The summed E-state index contributed by atoms with van der Waals surface area (Å²) in [6.45, 7) is 2.73. The molecule has 0 unspecified atom stereocenters. The lowest BCUT2D eigenvalue weighted by Gasteiger charge is -2.05. The molecule has 3 aromatic rings. The van der Waals surface area contributed by atoms with Crippen molar-refractivity contribution in [3.63, 3.8) is 0 Å². The number of anilines is 1. The van der Waals surface area contributed by atoms with E-state index >= 15 is 0 Å². The highest BCUT2D eigenvalue weighted by molar-refractivity contribution is 7.19. The summed E-state index contributed by atoms with van der Waals surface area (Å²) in [5.41, 5.74) is 8.01. The third-order valence-corrected chi connectivity index (χ3v) is 4.25. The van der Waals surface area contributed by atoms with Crippen molar-refractivity contribution < 1.29 is 0 Å². The van der Waals surface area contributed by atoms with Gasteiger partial charge in [-0.25, -0.2) is 9.97 Å². The van der Waals surface area contributed by atoms with E-state index < -0.39 is 0 Å². The van der Waals surface area contributed by atoms with E-state index in [1.54, 1.807) is 30.1 Å². The number of nitrogens with zero attached hydrogens (tertiary/aromatic N) is 3. The Bertz CT molecular complexity index is 723. The summed E-state index contributed by atoms with van der Waals surface area (Å²) in [5, 5.41) is 3.37. The molecule has 0 aliphatic rings. The van der Waals surface area contributed by atoms with E-state index in [1.165, 1.54) is 10.4 Å². The van der Waals surface area contributed by atoms with E-state index in [1.807, 2.05) is 19.1 Å². The Morgan fingerprint density at radius 2 is 2.10 bits per heavy atom. The van der Waals surface area contributed by atoms with Crippen LogP contribution in [0.25, 0.3) is 10.2 Å². The second-order valence-electron chi connectivity index (χ2n) is 5.04. The minimum absolute atomic E-state index is 0.152. The van der Waals surface area contributed by atoms with Gasteiger partial charge in [0.15, 0.2) is 0 Å². The molecule has 0 bridgehead atoms. The van der Waals surface area contributed by atoms with Crippen LogP contribution in [0.5, 0.6) is 0 Å². The molecule has 3 aromatic heterocycles. The fraction of sp³-hybridized carbons (Fsp3) is 0.267. The van der Waals surface area contributed by atoms with Gasteiger partial charge in [0.1, 0.15) is 12.1 Å². The molecule has 3 rings (SSSR count). The molecule has 108 valence electrons. The molecule has 3 heterocycles. The van der Waals surface area contributed by atoms with E-state index in [4.69, 9.17) is 5.73 Å². The molecule has 5 nitrogen and oxygen atoms in total. The third kappa shape index (κ3) is 3.34. The lowest BCUT2D eigenvalue weighted by atomic mass is 10.2. The highest BCUT2D eigenvalue weighted by Crippen LogP contribution is 2.29. The minimum Gasteiger partial charge on any atom is -0.365 e. The van der Waals surface area contributed by atoms with Crippen molar-refractivity contribution in [2.45, 2.75) is 25.9 Å². The molecule has 21 heavy (non-hydrogen) atoms. The first-order chi connectivity index (χ1) is 10.2. The number of aromatic nitrogens is 3. The van der Waals surface area contributed by atoms with Crippen molar-refractivity contribution in [2.75, 3.05) is 5.32 Å². The maximum absolute atomic E-state index is 5.87. The molecule has 3 N–H and O–H groups in total. The number of pyridine rings is 1. The largest absolute Gasteiger partial charge is 0.365 e. The van der Waals surface area contributed by atoms with Crippen LogP contribution in [-0.2, 0) is 13.0 Å². The van der Waals surface area contributed by atoms with E-state index in [2.05, 4.69) is 26.3 Å². The van der Waals surface area contributed by atoms with Crippen molar-refractivity contribution in [1.29, 1.82) is 0 Å². The van der Waals surface area contributed by atoms with Gasteiger partial charge in [-0.3, -0.25) is 4.98 Å². The van der Waals surface area contributed by atoms with E-state index in [-0.39, 0.29) is 6.04 Å². The van der Waals surface area contributed by atoms with Crippen LogP contribution in [0.2, 0.25) is 0 Å². The molecular formula is C15H17N5S. The van der Waals surface area contributed by atoms with Crippen LogP contribution in [0.3, 0.4) is 0 Å². The zero-order valence-corrected chi connectivity index (χ0v) is 12.6. The van der Waals surface area contributed by atoms with E-state index in [0.29, 0.717) is 0 Å². The fourth-order valence-electron chi connectivity index (χ4n) is 2.13. The molecule has 0 aliphatic carbocycles. The number of thiophene rings is 1. The van der Waals surface area contributed by atoms with Crippen LogP contribution in [0.15, 0.2) is 36.9 Å². The van der Waals surface area contributed by atoms with Crippen LogP contribution in [0.4, 0.5) is 5.82 Å². The Balaban J connectivity index is 1.83. The second-order valence-corrected chi connectivity index (χ2v) is 6.18. The molecule has 1 atom stereocenters. The average molecular weight is 299 g/mol. The average Bonchev–Trinajstić information content (AvgIpc) is 2.88. The number of rotatable bonds is 5. The van der Waals surface area contributed by atoms with Crippen LogP contribution < -0.4 is 11.1 Å². The molecule has 0 amide bonds. The molecular weight excluding hydrogens is 282 g/mol. The van der Waals surface area contributed by atoms with Gasteiger partial charge in [0, 0.05) is 29.9 Å². The van der Waals surface area contributed by atoms with Crippen molar-refractivity contribution >= 4 is 27.4 Å². The van der Waals surface area contributed by atoms with Crippen molar-refractivity contribution in [1.82, 2.24) is 15.0 Å². The monoisotopic (exact) mass is 299 g/mol. The maximum atomic E-state index is 5.87. The Kier molecular flexibility index (Phi) is 4.08. The minimum atomic E-state index is 0.152. The van der Waals surface area contributed by atoms with Crippen molar-refractivity contribution in [3.05, 3.63) is 47.4 Å². The predicted molar refractivity (Wildman–Crippen MR) is 86.3 cm³/mol. The first kappa shape index (κ1) is 13.9. The Hall–Kier alpha value is -2.05. The van der Waals surface area contributed by atoms with Gasteiger partial charge in [-0.1, -0.05) is 0 Å². The topological polar surface area (TPSA) is 76.7 Å². The standard InChI is InChI=1S/C15H17N5S/c1-10(16)6-12-7-13-14(21-12)15(20-9-19-13)18-8-11-2-4-17-5-3-11/h2-5,7,9-10H,6,8,16H2,1H3,(H,18,19,20)/t10-/m0/s1. The van der Waals surface area contributed by atoms with Gasteiger partial charge in [0.2, 0.25) is 0 Å². The third-order valence-electron chi connectivity index (χ3n) is 3.09. The fourth-order valence-corrected chi connectivity index (χ4v) is 3.35. The quantitative estimate of drug-likeness (QED) is 0.757. The lowest BCUT2D eigenvalue weighted by Crippen LogP contribution is -2.16. The number of hydrogen-bond acceptors (Lipinski definition) is 6. The van der Waals surface area contributed by atoms with Crippen LogP contribution >= 0.6 is 11.3 Å². The Labute approximate surface area is 127 Å². The van der Waals surface area contributed by atoms with E-state index in [0.717, 1.165) is 29.0 Å². The SMILES string of the molecule is C[C@H](N)Cc1cc2ncnc(NCc3ccncc3)c2s1. The number of nitrogens with two attached hydrogens (primary N) is 1. The zero-order valence-electron chi connectivity index (χ0n) is 11.8. The number of hydrogen-bond donors (Lipinski definition) is 2. The zero-order chi connectivity index (χ0) is 14.7. The van der Waals surface area contributed by atoms with Gasteiger partial charge < -0.3 is 11.1 Å². The number of fused-ring (bicyclic) bond motifs is 1. The van der Waals surface area contributed by atoms with E-state index in [9.17, 15) is 0 Å². The molecule has 0 fully saturated rings. The first-order valence-corrected chi connectivity index (χ1v) is 7.66. The summed E-state index contributed by atoms with van der Waals surface area (Å²) >= 11 is 1.71. The highest BCUT2D eigenvalue weighted by Gasteiger charge is 2.09. The Morgan fingerprint density at radius 3 is 2.86 bits per heavy atom. The smallest absolute Gasteiger partial charge is 0.147 e. The molecule has 0 aromatic carbocycles. The Morgan fingerprint density at radius 1 is 1.29 bits per heavy atom. The predicted octanol–water partition coefficient (Wildman–Crippen LogP) is 2.59. The summed E-state index contributed by atoms with van der Waals surface area (Å²) < 4.78 is 1.09. The molecule has 0 radical (unpaired) electrons. The number of nitrogens with one attached hydrogen (secondary N) is 1. The first-order valence-electron chi connectivity index (χ1n) is 6.84. The van der Waals surface area contributed by atoms with Crippen LogP contribution in [-0.4, -0.2) is 21.0 Å². The lowest BCUT2D eigenvalue weighted by molar-refractivity contribution is 0.747. The second kappa shape index (κ2) is 6.15. The molecule has 0 spiro atoms. The summed E-state index contributed by atoms with van der Waals surface area (Å²) in [5.74, 6) is 0.873. The van der Waals surface area contributed by atoms with Crippen LogP contribution in [0, 0.1) is 0 Å². The van der Waals surface area contributed by atoms with Crippen molar-refractivity contribution in [2.24, 2.45) is 5.73 Å². The van der Waals surface area contributed by atoms with Gasteiger partial charge in [0.05, 0.1) is 10.2 Å². The normalized spacial score (nSPS) is 12.5. The van der Waals surface area contributed by atoms with Gasteiger partial charge in [0.25, 0.3) is 0 Å². The molecule has 0 saturated carbocycles.